The molecule has 26 heavy (non-hydrogen) atoms. The summed E-state index contributed by atoms with van der Waals surface area (Å²) in [5.41, 5.74) is 4.85. The maximum absolute atomic E-state index is 9.86. The molecule has 0 unspecified atom stereocenters. The molecule has 0 aliphatic heterocycles. The summed E-state index contributed by atoms with van der Waals surface area (Å²) in [5, 5.41) is 9.86. The quantitative estimate of drug-likeness (QED) is 0.508. The number of aryl methyl sites for hydroxylation is 2. The second-order valence-corrected chi connectivity index (χ2v) is 6.29. The molecule has 0 atom stereocenters. The van der Waals surface area contributed by atoms with Gasteiger partial charge < -0.3 is 14.5 Å². The Morgan fingerprint density at radius 2 is 1.73 bits per heavy atom. The highest BCUT2D eigenvalue weighted by Crippen LogP contribution is 2.32. The maximum Gasteiger partial charge on any atom is 0.174 e. The van der Waals surface area contributed by atoms with E-state index in [9.17, 15) is 5.11 Å². The molecule has 4 heteroatoms. The van der Waals surface area contributed by atoms with Crippen LogP contribution in [0.15, 0.2) is 65.1 Å². The number of aromatic nitrogens is 2. The number of imidazole rings is 1. The molecular weight excluding hydrogens is 324 g/mol. The third kappa shape index (κ3) is 2.90. The Kier molecular flexibility index (Phi) is 4.09. The fraction of sp³-hybridized carbons (Fsp3) is 0.136. The number of aromatic hydroxyl groups is 1. The lowest BCUT2D eigenvalue weighted by Crippen LogP contribution is -1.83. The van der Waals surface area contributed by atoms with Crippen LogP contribution in [0, 0.1) is 6.92 Å². The highest BCUT2D eigenvalue weighted by Gasteiger charge is 2.14. The average molecular weight is 344 g/mol. The first-order valence-corrected chi connectivity index (χ1v) is 8.70. The van der Waals surface area contributed by atoms with E-state index in [1.165, 1.54) is 0 Å². The predicted octanol–water partition coefficient (Wildman–Crippen LogP) is 5.58. The lowest BCUT2D eigenvalue weighted by Gasteiger charge is -2.03. The van der Waals surface area contributed by atoms with Crippen LogP contribution in [0.1, 0.15) is 18.2 Å². The van der Waals surface area contributed by atoms with E-state index in [1.807, 2.05) is 68.4 Å². The van der Waals surface area contributed by atoms with Gasteiger partial charge in [0.2, 0.25) is 0 Å². The van der Waals surface area contributed by atoms with E-state index in [-0.39, 0.29) is 0 Å². The summed E-state index contributed by atoms with van der Waals surface area (Å²) in [7, 11) is 0. The number of nitrogens with zero attached hydrogens (tertiary/aromatic N) is 1. The maximum atomic E-state index is 9.86. The average Bonchev–Trinajstić information content (AvgIpc) is 3.30. The summed E-state index contributed by atoms with van der Waals surface area (Å²) in [6.07, 6.45) is 0.769. The smallest absolute Gasteiger partial charge is 0.174 e. The molecule has 0 saturated carbocycles. The van der Waals surface area contributed by atoms with Gasteiger partial charge >= 0.3 is 0 Å². The van der Waals surface area contributed by atoms with Gasteiger partial charge in [-0.05, 0) is 49.2 Å². The summed E-state index contributed by atoms with van der Waals surface area (Å²) >= 11 is 0. The van der Waals surface area contributed by atoms with Gasteiger partial charge in [0.15, 0.2) is 11.6 Å². The number of phenolic OH excluding ortho intramolecular Hbond substituents is 1. The van der Waals surface area contributed by atoms with Gasteiger partial charge in [0, 0.05) is 16.8 Å². The van der Waals surface area contributed by atoms with Crippen molar-refractivity contribution in [2.45, 2.75) is 20.3 Å². The van der Waals surface area contributed by atoms with E-state index >= 15 is 0 Å². The number of aromatic amines is 1. The monoisotopic (exact) mass is 344 g/mol. The third-order valence-electron chi connectivity index (χ3n) is 4.52. The molecule has 0 spiro atoms. The van der Waals surface area contributed by atoms with Crippen LogP contribution >= 0.6 is 0 Å². The molecule has 2 aromatic carbocycles. The fourth-order valence-electron chi connectivity index (χ4n) is 3.10. The van der Waals surface area contributed by atoms with Gasteiger partial charge in [-0.25, -0.2) is 4.98 Å². The summed E-state index contributed by atoms with van der Waals surface area (Å²) in [6.45, 7) is 4.03. The number of rotatable bonds is 4. The van der Waals surface area contributed by atoms with Crippen molar-refractivity contribution in [1.82, 2.24) is 9.97 Å². The number of furan rings is 1. The molecule has 0 radical (unpaired) electrons. The first-order valence-electron chi connectivity index (χ1n) is 8.70. The van der Waals surface area contributed by atoms with Crippen molar-refractivity contribution in [2.75, 3.05) is 0 Å². The Morgan fingerprint density at radius 1 is 0.962 bits per heavy atom. The number of benzene rings is 2. The molecule has 2 aromatic heterocycles. The zero-order valence-electron chi connectivity index (χ0n) is 14.8. The Hall–Kier alpha value is -3.27. The molecule has 130 valence electrons. The van der Waals surface area contributed by atoms with Gasteiger partial charge in [0.1, 0.15) is 11.5 Å². The van der Waals surface area contributed by atoms with Crippen LogP contribution in [-0.4, -0.2) is 15.1 Å². The van der Waals surface area contributed by atoms with E-state index in [4.69, 9.17) is 9.40 Å². The van der Waals surface area contributed by atoms with Gasteiger partial charge in [-0.1, -0.05) is 37.3 Å². The summed E-state index contributed by atoms with van der Waals surface area (Å²) < 4.78 is 6.02. The van der Waals surface area contributed by atoms with Gasteiger partial charge in [-0.3, -0.25) is 0 Å². The number of hydrogen-bond donors (Lipinski definition) is 2. The van der Waals surface area contributed by atoms with Crippen LogP contribution in [0.25, 0.3) is 34.2 Å². The Balaban J connectivity index is 1.69. The van der Waals surface area contributed by atoms with Gasteiger partial charge in [-0.15, -0.1) is 0 Å². The van der Waals surface area contributed by atoms with Crippen LogP contribution in [0.2, 0.25) is 0 Å². The molecule has 0 amide bonds. The second-order valence-electron chi connectivity index (χ2n) is 6.29. The molecule has 2 N–H and O–H groups in total. The topological polar surface area (TPSA) is 62.0 Å². The molecule has 0 bridgehead atoms. The van der Waals surface area contributed by atoms with Crippen molar-refractivity contribution in [3.63, 3.8) is 0 Å². The zero-order chi connectivity index (χ0) is 18.1. The zero-order valence-corrected chi connectivity index (χ0v) is 14.8. The molecule has 4 nitrogen and oxygen atoms in total. The van der Waals surface area contributed by atoms with Crippen LogP contribution in [-0.2, 0) is 6.42 Å². The summed E-state index contributed by atoms with van der Waals surface area (Å²) in [5.74, 6) is 2.47. The number of phenols is 1. The van der Waals surface area contributed by atoms with E-state index in [0.29, 0.717) is 17.3 Å². The van der Waals surface area contributed by atoms with Crippen molar-refractivity contribution >= 4 is 0 Å². The van der Waals surface area contributed by atoms with Crippen molar-refractivity contribution in [3.05, 3.63) is 71.9 Å². The molecule has 4 aromatic rings. The minimum Gasteiger partial charge on any atom is -0.508 e. The Bertz CT molecular complexity index is 1050. The first-order chi connectivity index (χ1) is 12.7. The fourth-order valence-corrected chi connectivity index (χ4v) is 3.10. The number of hydrogen-bond acceptors (Lipinski definition) is 3. The van der Waals surface area contributed by atoms with E-state index < -0.39 is 0 Å². The van der Waals surface area contributed by atoms with Gasteiger partial charge in [0.25, 0.3) is 0 Å². The van der Waals surface area contributed by atoms with E-state index in [0.717, 1.165) is 40.3 Å². The lowest BCUT2D eigenvalue weighted by molar-refractivity contribution is 0.469. The van der Waals surface area contributed by atoms with Gasteiger partial charge in [-0.2, -0.15) is 0 Å². The molecule has 4 rings (SSSR count). The molecular formula is C22H20N2O2. The normalized spacial score (nSPS) is 11.0. The highest BCUT2D eigenvalue weighted by molar-refractivity contribution is 5.68. The van der Waals surface area contributed by atoms with Crippen molar-refractivity contribution in [3.8, 4) is 39.9 Å². The van der Waals surface area contributed by atoms with Crippen LogP contribution < -0.4 is 0 Å². The Labute approximate surface area is 152 Å². The largest absolute Gasteiger partial charge is 0.508 e. The van der Waals surface area contributed by atoms with E-state index in [1.54, 1.807) is 6.07 Å². The molecule has 2 heterocycles. The summed E-state index contributed by atoms with van der Waals surface area (Å²) in [6, 6.07) is 19.5. The molecule has 0 aliphatic rings. The van der Waals surface area contributed by atoms with Crippen LogP contribution in [0.5, 0.6) is 5.75 Å². The molecule has 0 fully saturated rings. The molecule has 0 saturated heterocycles. The second kappa shape index (κ2) is 6.56. The summed E-state index contributed by atoms with van der Waals surface area (Å²) in [4.78, 5) is 8.03. The lowest BCUT2D eigenvalue weighted by atomic mass is 10.1. The Morgan fingerprint density at radius 3 is 2.50 bits per heavy atom. The predicted molar refractivity (Wildman–Crippen MR) is 103 cm³/mol. The molecule has 0 aliphatic carbocycles. The third-order valence-corrected chi connectivity index (χ3v) is 4.52. The van der Waals surface area contributed by atoms with Crippen LogP contribution in [0.3, 0.4) is 0 Å². The number of nitrogens with one attached hydrogen (secondary N) is 1. The SMILES string of the molecule is CCc1cc(-c2ccc(-c3nc(-c4ccccc4)c(C)[nH]3)o2)ccc1O. The first kappa shape index (κ1) is 16.2. The van der Waals surface area contributed by atoms with Crippen molar-refractivity contribution < 1.29 is 9.52 Å². The van der Waals surface area contributed by atoms with Crippen molar-refractivity contribution in [2.24, 2.45) is 0 Å². The minimum atomic E-state index is 0.317. The minimum absolute atomic E-state index is 0.317. The van der Waals surface area contributed by atoms with Gasteiger partial charge in [0.05, 0.1) is 5.69 Å². The van der Waals surface area contributed by atoms with Crippen LogP contribution in [0.4, 0.5) is 0 Å². The highest BCUT2D eigenvalue weighted by atomic mass is 16.3. The van der Waals surface area contributed by atoms with Crippen molar-refractivity contribution in [1.29, 1.82) is 0 Å². The van der Waals surface area contributed by atoms with E-state index in [2.05, 4.69) is 4.98 Å². The number of H-pyrrole nitrogens is 1. The standard InChI is InChI=1S/C22H20N2O2/c1-3-15-13-17(9-10-18(15)25)19-11-12-20(26-19)22-23-14(2)21(24-22)16-7-5-4-6-8-16/h4-13,25H,3H2,1-2H3,(H,23,24).